The van der Waals surface area contributed by atoms with Gasteiger partial charge in [0.2, 0.25) is 0 Å². The van der Waals surface area contributed by atoms with Gasteiger partial charge in [-0.1, -0.05) is 48.0 Å². The van der Waals surface area contributed by atoms with Gasteiger partial charge in [0.15, 0.2) is 17.4 Å². The molecule has 4 rings (SSSR count). The molecule has 0 amide bonds. The third-order valence-corrected chi connectivity index (χ3v) is 5.31. The number of halogens is 4. The highest BCUT2D eigenvalue weighted by Crippen LogP contribution is 2.33. The number of fused-ring (bicyclic) bond motifs is 2. The molecule has 9 heteroatoms. The van der Waals surface area contributed by atoms with Gasteiger partial charge in [-0.05, 0) is 17.7 Å². The number of anilines is 1. The summed E-state index contributed by atoms with van der Waals surface area (Å²) in [6, 6.07) is 12.5. The zero-order valence-corrected chi connectivity index (χ0v) is 17.4. The van der Waals surface area contributed by atoms with Crippen LogP contribution in [0.2, 0.25) is 5.02 Å². The molecule has 162 valence electrons. The normalized spacial score (nSPS) is 13.3. The van der Waals surface area contributed by atoms with Crippen molar-refractivity contribution in [3.63, 3.8) is 0 Å². The molecule has 3 aromatic rings. The van der Waals surface area contributed by atoms with Crippen molar-refractivity contribution >= 4 is 35.2 Å². The van der Waals surface area contributed by atoms with Crippen LogP contribution in [0.15, 0.2) is 59.8 Å². The Kier molecular flexibility index (Phi) is 5.56. The summed E-state index contributed by atoms with van der Waals surface area (Å²) in [5.74, 6) is -0.344. The number of nitrogens with zero attached hydrogens (tertiary/aromatic N) is 3. The van der Waals surface area contributed by atoms with E-state index in [1.165, 1.54) is 18.3 Å². The third kappa shape index (κ3) is 4.01. The van der Waals surface area contributed by atoms with Gasteiger partial charge in [0.05, 0.1) is 10.6 Å². The van der Waals surface area contributed by atoms with Crippen molar-refractivity contribution in [2.45, 2.75) is 12.6 Å². The largest absolute Gasteiger partial charge is 0.417 e. The number of alkyl halides is 3. The van der Waals surface area contributed by atoms with Gasteiger partial charge in [0.25, 0.3) is 0 Å². The summed E-state index contributed by atoms with van der Waals surface area (Å²) in [6.07, 6.45) is -2.01. The first-order valence-electron chi connectivity index (χ1n) is 9.47. The van der Waals surface area contributed by atoms with E-state index in [0.717, 1.165) is 11.6 Å². The van der Waals surface area contributed by atoms with Crippen LogP contribution in [-0.2, 0) is 12.6 Å². The van der Waals surface area contributed by atoms with Crippen molar-refractivity contribution in [2.24, 2.45) is 5.10 Å². The van der Waals surface area contributed by atoms with Crippen LogP contribution in [0.3, 0.4) is 0 Å². The second-order valence-electron chi connectivity index (χ2n) is 7.14. The summed E-state index contributed by atoms with van der Waals surface area (Å²) < 4.78 is 38.3. The van der Waals surface area contributed by atoms with Crippen LogP contribution in [0, 0.1) is 0 Å². The molecule has 0 bridgehead atoms. The Morgan fingerprint density at radius 1 is 1.00 bits per heavy atom. The van der Waals surface area contributed by atoms with Gasteiger partial charge in [0, 0.05) is 48.1 Å². The van der Waals surface area contributed by atoms with Crippen molar-refractivity contribution in [1.29, 1.82) is 0 Å². The Morgan fingerprint density at radius 2 is 1.62 bits per heavy atom. The van der Waals surface area contributed by atoms with Crippen LogP contribution in [0.1, 0.15) is 43.0 Å². The number of rotatable bonds is 4. The van der Waals surface area contributed by atoms with Crippen molar-refractivity contribution in [1.82, 2.24) is 4.98 Å². The first-order chi connectivity index (χ1) is 15.2. The van der Waals surface area contributed by atoms with Gasteiger partial charge < -0.3 is 0 Å². The second kappa shape index (κ2) is 8.20. The van der Waals surface area contributed by atoms with Gasteiger partial charge in [0.1, 0.15) is 0 Å². The van der Waals surface area contributed by atoms with E-state index in [9.17, 15) is 22.8 Å². The first-order valence-corrected chi connectivity index (χ1v) is 9.85. The average Bonchev–Trinajstić information content (AvgIpc) is 2.76. The molecule has 0 fully saturated rings. The van der Waals surface area contributed by atoms with Crippen LogP contribution in [0.4, 0.5) is 19.0 Å². The van der Waals surface area contributed by atoms with Crippen LogP contribution in [-0.4, -0.2) is 29.8 Å². The number of hydrazone groups is 1. The number of carbonyl (C=O) groups is 2. The average molecular weight is 458 g/mol. The molecule has 0 spiro atoms. The fourth-order valence-corrected chi connectivity index (χ4v) is 3.71. The molecule has 2 aromatic carbocycles. The molecule has 0 saturated heterocycles. The van der Waals surface area contributed by atoms with E-state index in [2.05, 4.69) is 10.1 Å². The highest BCUT2D eigenvalue weighted by Gasteiger charge is 2.32. The minimum Gasteiger partial charge on any atom is -0.289 e. The molecule has 0 saturated carbocycles. The number of aromatic nitrogens is 1. The zero-order chi connectivity index (χ0) is 23.0. The highest BCUT2D eigenvalue weighted by atomic mass is 35.5. The molecule has 0 radical (unpaired) electrons. The fourth-order valence-electron chi connectivity index (χ4n) is 3.42. The highest BCUT2D eigenvalue weighted by molar-refractivity contribution is 6.33. The van der Waals surface area contributed by atoms with Crippen LogP contribution in [0.5, 0.6) is 0 Å². The van der Waals surface area contributed by atoms with Crippen LogP contribution < -0.4 is 5.01 Å². The lowest BCUT2D eigenvalue weighted by Gasteiger charge is -2.18. The second-order valence-corrected chi connectivity index (χ2v) is 7.54. The van der Waals surface area contributed by atoms with Crippen molar-refractivity contribution in [3.8, 4) is 0 Å². The van der Waals surface area contributed by atoms with Gasteiger partial charge in [-0.3, -0.25) is 14.6 Å². The zero-order valence-electron chi connectivity index (χ0n) is 16.7. The molecule has 0 unspecified atom stereocenters. The molecular formula is C23H15ClF3N3O2. The molecule has 0 atom stereocenters. The van der Waals surface area contributed by atoms with Crippen molar-refractivity contribution in [3.05, 3.63) is 93.1 Å². The summed E-state index contributed by atoms with van der Waals surface area (Å²) in [4.78, 5) is 29.2. The minimum absolute atomic E-state index is 0.0683. The van der Waals surface area contributed by atoms with Crippen molar-refractivity contribution < 1.29 is 22.8 Å². The Balaban J connectivity index is 1.51. The molecule has 1 heterocycles. The van der Waals surface area contributed by atoms with Crippen LogP contribution in [0.25, 0.3) is 0 Å². The summed E-state index contributed by atoms with van der Waals surface area (Å²) in [5.41, 5.74) is 1.25. The van der Waals surface area contributed by atoms with E-state index >= 15 is 0 Å². The molecule has 1 aliphatic carbocycles. The van der Waals surface area contributed by atoms with E-state index in [-0.39, 0.29) is 22.4 Å². The fraction of sp³-hybridized carbons (Fsp3) is 0.130. The lowest BCUT2D eigenvalue weighted by atomic mass is 9.83. The topological polar surface area (TPSA) is 62.6 Å². The Morgan fingerprint density at radius 3 is 2.25 bits per heavy atom. The van der Waals surface area contributed by atoms with Gasteiger partial charge in [-0.2, -0.15) is 18.3 Å². The molecule has 0 aliphatic heterocycles. The Hall–Kier alpha value is -3.52. The van der Waals surface area contributed by atoms with Gasteiger partial charge >= 0.3 is 6.18 Å². The number of hydrogen-bond donors (Lipinski definition) is 0. The number of benzene rings is 2. The SMILES string of the molecule is CN(/N=C\Cc1ccc2c(c1)C(=O)c1ccccc1C2=O)c1ncc(C(F)(F)F)cc1Cl. The standard InChI is InChI=1S/C23H15ClF3N3O2/c1-30(22-19(24)11-14(12-28-22)23(25,26)27)29-9-8-13-6-7-17-18(10-13)21(32)16-5-3-2-4-15(16)20(17)31/h2-7,9-12H,8H2,1H3/b29-9-. The van der Waals surface area contributed by atoms with Gasteiger partial charge in [-0.15, -0.1) is 0 Å². The Labute approximate surface area is 186 Å². The Bertz CT molecular complexity index is 1270. The van der Waals surface area contributed by atoms with Crippen LogP contribution >= 0.6 is 11.6 Å². The molecule has 1 aromatic heterocycles. The van der Waals surface area contributed by atoms with E-state index in [0.29, 0.717) is 34.9 Å². The first kappa shape index (κ1) is 21.7. The molecular weight excluding hydrogens is 443 g/mol. The maximum absolute atomic E-state index is 12.8. The summed E-state index contributed by atoms with van der Waals surface area (Å²) in [5, 5.41) is 5.22. The monoisotopic (exact) mass is 457 g/mol. The lowest BCUT2D eigenvalue weighted by Crippen LogP contribution is -2.21. The molecule has 5 nitrogen and oxygen atoms in total. The van der Waals surface area contributed by atoms with Crippen molar-refractivity contribution in [2.75, 3.05) is 12.1 Å². The molecule has 0 N–H and O–H groups in total. The third-order valence-electron chi connectivity index (χ3n) is 5.03. The van der Waals surface area contributed by atoms with E-state index in [1.807, 2.05) is 0 Å². The maximum atomic E-state index is 12.8. The lowest BCUT2D eigenvalue weighted by molar-refractivity contribution is -0.137. The molecule has 32 heavy (non-hydrogen) atoms. The number of pyridine rings is 1. The van der Waals surface area contributed by atoms with E-state index < -0.39 is 11.7 Å². The summed E-state index contributed by atoms with van der Waals surface area (Å²) in [7, 11) is 1.50. The number of ketones is 2. The van der Waals surface area contributed by atoms with E-state index in [4.69, 9.17) is 11.6 Å². The predicted molar refractivity (Wildman–Crippen MR) is 115 cm³/mol. The number of hydrogen-bond acceptors (Lipinski definition) is 5. The predicted octanol–water partition coefficient (Wildman–Crippen LogP) is 5.19. The van der Waals surface area contributed by atoms with E-state index in [1.54, 1.807) is 42.5 Å². The minimum atomic E-state index is -4.54. The summed E-state index contributed by atoms with van der Waals surface area (Å²) in [6.45, 7) is 0. The number of carbonyl (C=O) groups excluding carboxylic acids is 2. The molecule has 1 aliphatic rings. The van der Waals surface area contributed by atoms with Gasteiger partial charge in [-0.25, -0.2) is 4.98 Å². The maximum Gasteiger partial charge on any atom is 0.417 e. The smallest absolute Gasteiger partial charge is 0.289 e. The quantitative estimate of drug-likeness (QED) is 0.312. The summed E-state index contributed by atoms with van der Waals surface area (Å²) >= 11 is 5.93.